The molecule has 0 bridgehead atoms. The normalized spacial score (nSPS) is 8.31. The van der Waals surface area contributed by atoms with Gasteiger partial charge in [-0.25, -0.2) is 0 Å². The number of hydrogen-bond acceptors (Lipinski definition) is 1. The van der Waals surface area contributed by atoms with Crippen LogP contribution in [0.25, 0.3) is 0 Å². The van der Waals surface area contributed by atoms with Crippen molar-refractivity contribution in [3.05, 3.63) is 35.9 Å². The fourth-order valence-corrected chi connectivity index (χ4v) is 1.29. The first-order valence-corrected chi connectivity index (χ1v) is 6.46. The highest BCUT2D eigenvalue weighted by Gasteiger charge is 1.84. The van der Waals surface area contributed by atoms with Gasteiger partial charge in [0.05, 0.1) is 0 Å². The first kappa shape index (κ1) is 17.6. The van der Waals surface area contributed by atoms with E-state index < -0.39 is 0 Å². The van der Waals surface area contributed by atoms with Gasteiger partial charge in [-0.3, -0.25) is 0 Å². The van der Waals surface area contributed by atoms with Gasteiger partial charge in [0.2, 0.25) is 0 Å². The molecule has 2 N–H and O–H groups in total. The van der Waals surface area contributed by atoms with Crippen LogP contribution in [0.1, 0.15) is 52.0 Å². The first-order chi connectivity index (χ1) is 7.85. The Morgan fingerprint density at radius 2 is 1.31 bits per heavy atom. The highest BCUT2D eigenvalue weighted by Crippen LogP contribution is 2.00. The maximum absolute atomic E-state index is 4.50. The van der Waals surface area contributed by atoms with E-state index in [1.54, 1.807) is 0 Å². The van der Waals surface area contributed by atoms with E-state index in [1.807, 2.05) is 0 Å². The van der Waals surface area contributed by atoms with Gasteiger partial charge in [-0.2, -0.15) is 0 Å². The second-order valence-electron chi connectivity index (χ2n) is 3.59. The highest BCUT2D eigenvalue weighted by atomic mass is 14.4. The third kappa shape index (κ3) is 13.2. The molecule has 1 aromatic carbocycles. The van der Waals surface area contributed by atoms with Gasteiger partial charge in [0.1, 0.15) is 0 Å². The van der Waals surface area contributed by atoms with Crippen molar-refractivity contribution in [1.29, 1.82) is 0 Å². The minimum atomic E-state index is 1.21. The van der Waals surface area contributed by atoms with Gasteiger partial charge >= 0.3 is 0 Å². The minimum absolute atomic E-state index is 1.21. The molecule has 0 radical (unpaired) electrons. The van der Waals surface area contributed by atoms with Crippen LogP contribution in [0.3, 0.4) is 0 Å². The number of aryl methyl sites for hydroxylation is 1. The van der Waals surface area contributed by atoms with Crippen LogP contribution in [0.4, 0.5) is 0 Å². The average molecular weight is 223 g/mol. The van der Waals surface area contributed by atoms with E-state index in [1.165, 1.54) is 44.7 Å². The molecule has 1 aromatic rings. The van der Waals surface area contributed by atoms with Gasteiger partial charge in [-0.05, 0) is 19.0 Å². The molecule has 0 saturated carbocycles. The molecule has 0 aliphatic rings. The summed E-state index contributed by atoms with van der Waals surface area (Å²) in [5.41, 5.74) is 5.94. The zero-order chi connectivity index (χ0) is 12.6. The summed E-state index contributed by atoms with van der Waals surface area (Å²) in [7, 11) is 1.50. The summed E-state index contributed by atoms with van der Waals surface area (Å²) in [5.74, 6) is 0. The molecular weight excluding hydrogens is 194 g/mol. The van der Waals surface area contributed by atoms with Crippen LogP contribution in [0.5, 0.6) is 0 Å². The number of unbranched alkanes of at least 4 members (excludes halogenated alkanes) is 2. The van der Waals surface area contributed by atoms with E-state index in [-0.39, 0.29) is 0 Å². The zero-order valence-corrected chi connectivity index (χ0v) is 11.5. The van der Waals surface area contributed by atoms with Gasteiger partial charge < -0.3 is 5.73 Å². The van der Waals surface area contributed by atoms with Crippen LogP contribution in [0.15, 0.2) is 30.3 Å². The molecular formula is C15H29N. The maximum atomic E-state index is 4.50. The molecule has 16 heavy (non-hydrogen) atoms. The first-order valence-electron chi connectivity index (χ1n) is 6.46. The number of rotatable bonds is 4. The molecule has 0 heterocycles. The second kappa shape index (κ2) is 16.6. The number of nitrogens with two attached hydrogens (primary N) is 1. The molecule has 94 valence electrons. The van der Waals surface area contributed by atoms with Crippen LogP contribution in [-0.2, 0) is 6.42 Å². The van der Waals surface area contributed by atoms with Crippen LogP contribution >= 0.6 is 0 Å². The molecule has 0 aliphatic heterocycles. The second-order valence-corrected chi connectivity index (χ2v) is 3.59. The van der Waals surface area contributed by atoms with Crippen LogP contribution < -0.4 is 5.73 Å². The van der Waals surface area contributed by atoms with Crippen molar-refractivity contribution in [1.82, 2.24) is 0 Å². The summed E-state index contributed by atoms with van der Waals surface area (Å²) in [6.07, 6.45) is 6.53. The fourth-order valence-electron chi connectivity index (χ4n) is 1.29. The number of benzene rings is 1. The highest BCUT2D eigenvalue weighted by molar-refractivity contribution is 5.14. The molecule has 0 unspecified atom stereocenters. The van der Waals surface area contributed by atoms with Gasteiger partial charge in [0, 0.05) is 0 Å². The SMILES string of the molecule is CCCCC.CCCc1ccccc1.CN. The summed E-state index contributed by atoms with van der Waals surface area (Å²) in [4.78, 5) is 0. The van der Waals surface area contributed by atoms with Crippen molar-refractivity contribution in [3.8, 4) is 0 Å². The molecule has 1 heteroatoms. The van der Waals surface area contributed by atoms with Gasteiger partial charge in [-0.15, -0.1) is 0 Å². The Hall–Kier alpha value is -0.820. The Labute approximate surface area is 102 Å². The lowest BCUT2D eigenvalue weighted by Crippen LogP contribution is -1.78. The zero-order valence-electron chi connectivity index (χ0n) is 11.5. The Balaban J connectivity index is 0. The fraction of sp³-hybridized carbons (Fsp3) is 0.600. The average Bonchev–Trinajstić information content (AvgIpc) is 2.35. The Bertz CT molecular complexity index is 192. The van der Waals surface area contributed by atoms with Crippen LogP contribution in [-0.4, -0.2) is 7.05 Å². The maximum Gasteiger partial charge on any atom is -0.0195 e. The van der Waals surface area contributed by atoms with E-state index in [9.17, 15) is 0 Å². The summed E-state index contributed by atoms with van der Waals surface area (Å²) in [5, 5.41) is 0. The van der Waals surface area contributed by atoms with E-state index in [2.05, 4.69) is 56.8 Å². The lowest BCUT2D eigenvalue weighted by molar-refractivity contribution is 0.772. The summed E-state index contributed by atoms with van der Waals surface area (Å²) in [6.45, 7) is 6.62. The summed E-state index contributed by atoms with van der Waals surface area (Å²) >= 11 is 0. The third-order valence-electron chi connectivity index (χ3n) is 2.09. The molecule has 0 spiro atoms. The monoisotopic (exact) mass is 223 g/mol. The molecule has 0 saturated heterocycles. The van der Waals surface area contributed by atoms with Crippen molar-refractivity contribution in [2.75, 3.05) is 7.05 Å². The quantitative estimate of drug-likeness (QED) is 0.804. The van der Waals surface area contributed by atoms with Crippen molar-refractivity contribution < 1.29 is 0 Å². The van der Waals surface area contributed by atoms with E-state index in [0.29, 0.717) is 0 Å². The molecule has 1 rings (SSSR count). The smallest absolute Gasteiger partial charge is 0.0195 e. The minimum Gasteiger partial charge on any atom is -0.333 e. The van der Waals surface area contributed by atoms with Gasteiger partial charge in [0.25, 0.3) is 0 Å². The standard InChI is InChI=1S/C9H12.C5H12.CH5N/c1-2-6-9-7-4-3-5-8-9;1-3-5-4-2;1-2/h3-5,7-8H,2,6H2,1H3;3-5H2,1-2H3;2H2,1H3. The van der Waals surface area contributed by atoms with Crippen LogP contribution in [0, 0.1) is 0 Å². The molecule has 0 fully saturated rings. The lowest BCUT2D eigenvalue weighted by Gasteiger charge is -1.93. The Kier molecular flexibility index (Phi) is 18.2. The predicted molar refractivity (Wildman–Crippen MR) is 75.7 cm³/mol. The molecule has 0 aromatic heterocycles. The number of hydrogen-bond donors (Lipinski definition) is 1. The predicted octanol–water partition coefficient (Wildman–Crippen LogP) is 4.41. The lowest BCUT2D eigenvalue weighted by atomic mass is 10.1. The largest absolute Gasteiger partial charge is 0.333 e. The van der Waals surface area contributed by atoms with Gasteiger partial charge in [0.15, 0.2) is 0 Å². The Morgan fingerprint density at radius 3 is 1.62 bits per heavy atom. The molecule has 0 amide bonds. The van der Waals surface area contributed by atoms with E-state index in [4.69, 9.17) is 0 Å². The van der Waals surface area contributed by atoms with Crippen LogP contribution in [0.2, 0.25) is 0 Å². The van der Waals surface area contributed by atoms with E-state index in [0.717, 1.165) is 0 Å². The Morgan fingerprint density at radius 1 is 0.812 bits per heavy atom. The summed E-state index contributed by atoms with van der Waals surface area (Å²) < 4.78 is 0. The third-order valence-corrected chi connectivity index (χ3v) is 2.09. The van der Waals surface area contributed by atoms with Crippen molar-refractivity contribution >= 4 is 0 Å². The van der Waals surface area contributed by atoms with Crippen molar-refractivity contribution in [2.45, 2.75) is 52.9 Å². The summed E-state index contributed by atoms with van der Waals surface area (Å²) in [6, 6.07) is 10.6. The van der Waals surface area contributed by atoms with E-state index >= 15 is 0 Å². The molecule has 0 aliphatic carbocycles. The van der Waals surface area contributed by atoms with Gasteiger partial charge in [-0.1, -0.05) is 76.8 Å². The van der Waals surface area contributed by atoms with Crippen molar-refractivity contribution in [2.24, 2.45) is 5.73 Å². The van der Waals surface area contributed by atoms with Crippen molar-refractivity contribution in [3.63, 3.8) is 0 Å². The molecule has 1 nitrogen and oxygen atoms in total. The topological polar surface area (TPSA) is 26.0 Å². The molecule has 0 atom stereocenters.